The maximum atomic E-state index is 13.5. The standard InChI is InChI=1S/C18H20F2N2O3/c1-18(2,3)25-9-8-24-16-7-4-12(11-21-16)17(23)22-15-10-13(19)5-6-14(15)20/h4-7,10-11H,8-9H2,1-3H3,(H,22,23). The van der Waals surface area contributed by atoms with Crippen LogP contribution >= 0.6 is 0 Å². The average Bonchev–Trinajstić information content (AvgIpc) is 2.54. The van der Waals surface area contributed by atoms with Gasteiger partial charge < -0.3 is 14.8 Å². The normalized spacial score (nSPS) is 11.2. The van der Waals surface area contributed by atoms with Gasteiger partial charge in [-0.25, -0.2) is 13.8 Å². The Kier molecular flexibility index (Phi) is 6.03. The van der Waals surface area contributed by atoms with Crippen molar-refractivity contribution in [3.63, 3.8) is 0 Å². The minimum atomic E-state index is -0.721. The minimum Gasteiger partial charge on any atom is -0.475 e. The lowest BCUT2D eigenvalue weighted by atomic mass is 10.2. The Balaban J connectivity index is 1.90. The number of pyridine rings is 1. The number of aromatic nitrogens is 1. The molecule has 1 heterocycles. The van der Waals surface area contributed by atoms with Crippen molar-refractivity contribution in [1.29, 1.82) is 0 Å². The second kappa shape index (κ2) is 8.02. The van der Waals surface area contributed by atoms with Crippen molar-refractivity contribution in [1.82, 2.24) is 4.98 Å². The third-order valence-corrected chi connectivity index (χ3v) is 3.04. The maximum absolute atomic E-state index is 13.5. The number of rotatable bonds is 6. The number of amides is 1. The number of anilines is 1. The van der Waals surface area contributed by atoms with Gasteiger partial charge in [0.15, 0.2) is 0 Å². The van der Waals surface area contributed by atoms with Crippen LogP contribution in [0.2, 0.25) is 0 Å². The minimum absolute atomic E-state index is 0.196. The number of nitrogens with zero attached hydrogens (tertiary/aromatic N) is 1. The van der Waals surface area contributed by atoms with E-state index in [4.69, 9.17) is 9.47 Å². The Bertz CT molecular complexity index is 728. The van der Waals surface area contributed by atoms with Gasteiger partial charge in [0.25, 0.3) is 5.91 Å². The first kappa shape index (κ1) is 18.8. The number of benzene rings is 1. The quantitative estimate of drug-likeness (QED) is 0.805. The number of nitrogens with one attached hydrogen (secondary N) is 1. The zero-order valence-electron chi connectivity index (χ0n) is 14.3. The molecule has 25 heavy (non-hydrogen) atoms. The fraction of sp³-hybridized carbons (Fsp3) is 0.333. The monoisotopic (exact) mass is 350 g/mol. The Morgan fingerprint density at radius 1 is 1.16 bits per heavy atom. The Morgan fingerprint density at radius 2 is 1.92 bits per heavy atom. The predicted octanol–water partition coefficient (Wildman–Crippen LogP) is 3.81. The second-order valence-corrected chi connectivity index (χ2v) is 6.27. The third kappa shape index (κ3) is 6.11. The molecule has 0 aliphatic heterocycles. The summed E-state index contributed by atoms with van der Waals surface area (Å²) in [6, 6.07) is 5.84. The molecule has 1 amide bonds. The summed E-state index contributed by atoms with van der Waals surface area (Å²) in [5.41, 5.74) is -0.281. The highest BCUT2D eigenvalue weighted by Gasteiger charge is 2.12. The van der Waals surface area contributed by atoms with E-state index >= 15 is 0 Å². The van der Waals surface area contributed by atoms with E-state index in [-0.39, 0.29) is 16.9 Å². The van der Waals surface area contributed by atoms with Crippen LogP contribution in [0, 0.1) is 11.6 Å². The van der Waals surface area contributed by atoms with Crippen LogP contribution in [0.25, 0.3) is 0 Å². The van der Waals surface area contributed by atoms with Crippen LogP contribution in [0.15, 0.2) is 36.5 Å². The van der Waals surface area contributed by atoms with Crippen LogP contribution in [-0.2, 0) is 4.74 Å². The van der Waals surface area contributed by atoms with E-state index in [1.807, 2.05) is 20.8 Å². The van der Waals surface area contributed by atoms with Crippen molar-refractivity contribution < 1.29 is 23.0 Å². The molecule has 0 aliphatic rings. The van der Waals surface area contributed by atoms with Crippen LogP contribution in [0.3, 0.4) is 0 Å². The first-order chi connectivity index (χ1) is 11.7. The van der Waals surface area contributed by atoms with Gasteiger partial charge in [-0.05, 0) is 39.0 Å². The van der Waals surface area contributed by atoms with Crippen molar-refractivity contribution in [2.45, 2.75) is 26.4 Å². The van der Waals surface area contributed by atoms with Gasteiger partial charge in [-0.1, -0.05) is 0 Å². The molecule has 2 aromatic rings. The highest BCUT2D eigenvalue weighted by atomic mass is 19.1. The van der Waals surface area contributed by atoms with Crippen molar-refractivity contribution in [3.05, 3.63) is 53.7 Å². The summed E-state index contributed by atoms with van der Waals surface area (Å²) < 4.78 is 37.6. The molecule has 0 saturated heterocycles. The largest absolute Gasteiger partial charge is 0.475 e. The molecular weight excluding hydrogens is 330 g/mol. The van der Waals surface area contributed by atoms with Crippen LogP contribution in [0.1, 0.15) is 31.1 Å². The average molecular weight is 350 g/mol. The van der Waals surface area contributed by atoms with Gasteiger partial charge in [-0.2, -0.15) is 0 Å². The van der Waals surface area contributed by atoms with Gasteiger partial charge in [-0.3, -0.25) is 4.79 Å². The third-order valence-electron chi connectivity index (χ3n) is 3.04. The maximum Gasteiger partial charge on any atom is 0.257 e. The van der Waals surface area contributed by atoms with Crippen molar-refractivity contribution in [3.8, 4) is 5.88 Å². The molecule has 7 heteroatoms. The van der Waals surface area contributed by atoms with Crippen LogP contribution in [0.5, 0.6) is 5.88 Å². The van der Waals surface area contributed by atoms with E-state index < -0.39 is 17.5 Å². The molecule has 5 nitrogen and oxygen atoms in total. The van der Waals surface area contributed by atoms with Gasteiger partial charge in [0, 0.05) is 18.3 Å². The highest BCUT2D eigenvalue weighted by Crippen LogP contribution is 2.17. The molecule has 0 atom stereocenters. The van der Waals surface area contributed by atoms with Crippen molar-refractivity contribution >= 4 is 11.6 Å². The fourth-order valence-electron chi connectivity index (χ4n) is 1.88. The number of hydrogen-bond acceptors (Lipinski definition) is 4. The van der Waals surface area contributed by atoms with E-state index in [1.165, 1.54) is 18.3 Å². The molecule has 1 aromatic carbocycles. The van der Waals surface area contributed by atoms with E-state index in [0.717, 1.165) is 18.2 Å². The molecule has 0 bridgehead atoms. The van der Waals surface area contributed by atoms with Crippen molar-refractivity contribution in [2.75, 3.05) is 18.5 Å². The zero-order chi connectivity index (χ0) is 18.4. The summed E-state index contributed by atoms with van der Waals surface area (Å²) in [6.45, 7) is 6.57. The molecule has 0 saturated carbocycles. The van der Waals surface area contributed by atoms with E-state index in [1.54, 1.807) is 0 Å². The lowest BCUT2D eigenvalue weighted by Crippen LogP contribution is -2.22. The number of halogens is 2. The van der Waals surface area contributed by atoms with Crippen LogP contribution in [0.4, 0.5) is 14.5 Å². The highest BCUT2D eigenvalue weighted by molar-refractivity contribution is 6.04. The summed E-state index contributed by atoms with van der Waals surface area (Å²) in [6.07, 6.45) is 1.30. The van der Waals surface area contributed by atoms with Gasteiger partial charge in [0.2, 0.25) is 5.88 Å². The SMILES string of the molecule is CC(C)(C)OCCOc1ccc(C(=O)Nc2cc(F)ccc2F)cn1. The predicted molar refractivity (Wildman–Crippen MR) is 89.7 cm³/mol. The number of hydrogen-bond donors (Lipinski definition) is 1. The van der Waals surface area contributed by atoms with Crippen LogP contribution < -0.4 is 10.1 Å². The van der Waals surface area contributed by atoms with Gasteiger partial charge >= 0.3 is 0 Å². The molecule has 0 spiro atoms. The van der Waals surface area contributed by atoms with Crippen LogP contribution in [-0.4, -0.2) is 29.7 Å². The molecule has 134 valence electrons. The van der Waals surface area contributed by atoms with Gasteiger partial charge in [0.1, 0.15) is 18.2 Å². The summed E-state index contributed by atoms with van der Waals surface area (Å²) in [7, 11) is 0. The smallest absolute Gasteiger partial charge is 0.257 e. The molecule has 0 fully saturated rings. The summed E-state index contributed by atoms with van der Waals surface area (Å²) in [4.78, 5) is 16.1. The zero-order valence-corrected chi connectivity index (χ0v) is 14.3. The Labute approximate surface area is 145 Å². The van der Waals surface area contributed by atoms with E-state index in [2.05, 4.69) is 10.3 Å². The Hall–Kier alpha value is -2.54. The second-order valence-electron chi connectivity index (χ2n) is 6.27. The van der Waals surface area contributed by atoms with E-state index in [9.17, 15) is 13.6 Å². The molecule has 0 radical (unpaired) electrons. The van der Waals surface area contributed by atoms with E-state index in [0.29, 0.717) is 19.1 Å². The first-order valence-corrected chi connectivity index (χ1v) is 7.74. The number of carbonyl (C=O) groups is 1. The topological polar surface area (TPSA) is 60.5 Å². The summed E-state index contributed by atoms with van der Waals surface area (Å²) in [5, 5.41) is 2.30. The number of carbonyl (C=O) groups excluding carboxylic acids is 1. The Morgan fingerprint density at radius 3 is 2.56 bits per heavy atom. The van der Waals surface area contributed by atoms with Gasteiger partial charge in [0.05, 0.1) is 23.5 Å². The molecule has 1 N–H and O–H groups in total. The first-order valence-electron chi connectivity index (χ1n) is 7.74. The molecule has 1 aromatic heterocycles. The lowest BCUT2D eigenvalue weighted by molar-refractivity contribution is -0.0168. The molecular formula is C18H20F2N2O3. The summed E-state index contributed by atoms with van der Waals surface area (Å²) in [5.74, 6) is -1.62. The molecule has 2 rings (SSSR count). The fourth-order valence-corrected chi connectivity index (χ4v) is 1.88. The van der Waals surface area contributed by atoms with Gasteiger partial charge in [-0.15, -0.1) is 0 Å². The summed E-state index contributed by atoms with van der Waals surface area (Å²) >= 11 is 0. The number of ether oxygens (including phenoxy) is 2. The van der Waals surface area contributed by atoms with Crippen molar-refractivity contribution in [2.24, 2.45) is 0 Å². The molecule has 0 unspecified atom stereocenters. The lowest BCUT2D eigenvalue weighted by Gasteiger charge is -2.19. The molecule has 0 aliphatic carbocycles.